The molecule has 1 aliphatic heterocycles. The second-order valence-corrected chi connectivity index (χ2v) is 10.7. The Kier molecular flexibility index (Phi) is 8.82. The first kappa shape index (κ1) is 27.5. The zero-order chi connectivity index (χ0) is 26.6. The number of allylic oxidation sites excluding steroid dienone is 1. The van der Waals surface area contributed by atoms with Gasteiger partial charge in [0.25, 0.3) is 0 Å². The van der Waals surface area contributed by atoms with E-state index in [1.165, 1.54) is 6.08 Å². The standard InChI is InChI=1S/C28H37ClFN5O2/c1-4-10-28(30,18-36)22-7-5-6-21(17-22)19(2)31-26-23-15-20(16-24(23)32-27(29)33-26)8-9-25(37)35-13-11-34(3)12-14-35/h4-7,17,19-20,36H,1,8-16,18H2,2-3H3,(H,31,32,33)/t19-,20?,28?/m1/s1. The Balaban J connectivity index is 1.42. The number of nitrogens with one attached hydrogen (secondary N) is 1. The highest BCUT2D eigenvalue weighted by molar-refractivity contribution is 6.28. The third kappa shape index (κ3) is 6.48. The van der Waals surface area contributed by atoms with Crippen molar-refractivity contribution in [3.05, 3.63) is 64.6 Å². The molecule has 1 amide bonds. The van der Waals surface area contributed by atoms with Crippen LogP contribution in [0.4, 0.5) is 10.2 Å². The first-order chi connectivity index (χ1) is 17.7. The van der Waals surface area contributed by atoms with E-state index in [2.05, 4.69) is 33.8 Å². The van der Waals surface area contributed by atoms with Gasteiger partial charge in [0.2, 0.25) is 11.2 Å². The van der Waals surface area contributed by atoms with Crippen LogP contribution in [-0.4, -0.2) is 70.6 Å². The van der Waals surface area contributed by atoms with Crippen molar-refractivity contribution in [2.45, 2.75) is 50.7 Å². The van der Waals surface area contributed by atoms with Crippen LogP contribution in [0.2, 0.25) is 5.28 Å². The zero-order valence-electron chi connectivity index (χ0n) is 21.7. The second-order valence-electron chi connectivity index (χ2n) is 10.4. The number of halogens is 2. The number of likely N-dealkylation sites (N-methyl/N-ethyl adjacent to an activating group) is 1. The quantitative estimate of drug-likeness (QED) is 0.353. The Bertz CT molecular complexity index is 1120. The van der Waals surface area contributed by atoms with Crippen molar-refractivity contribution in [3.8, 4) is 0 Å². The third-order valence-corrected chi connectivity index (χ3v) is 7.81. The second kappa shape index (κ2) is 11.9. The van der Waals surface area contributed by atoms with Crippen LogP contribution in [0.1, 0.15) is 54.6 Å². The lowest BCUT2D eigenvalue weighted by Crippen LogP contribution is -2.47. The largest absolute Gasteiger partial charge is 0.393 e. The Morgan fingerprint density at radius 1 is 1.32 bits per heavy atom. The summed E-state index contributed by atoms with van der Waals surface area (Å²) in [6.07, 6.45) is 4.41. The number of fused-ring (bicyclic) bond motifs is 1. The van der Waals surface area contributed by atoms with Gasteiger partial charge < -0.3 is 20.2 Å². The van der Waals surface area contributed by atoms with Crippen LogP contribution in [0.25, 0.3) is 0 Å². The molecule has 3 atom stereocenters. The van der Waals surface area contributed by atoms with Crippen molar-refractivity contribution >= 4 is 23.3 Å². The van der Waals surface area contributed by atoms with E-state index in [1.54, 1.807) is 18.2 Å². The van der Waals surface area contributed by atoms with Crippen LogP contribution < -0.4 is 5.32 Å². The lowest BCUT2D eigenvalue weighted by atomic mass is 9.91. The molecule has 1 saturated heterocycles. The molecular weight excluding hydrogens is 493 g/mol. The number of aliphatic hydroxyl groups is 1. The molecule has 2 aliphatic rings. The normalized spacial score (nSPS) is 20.2. The Hall–Kier alpha value is -2.55. The molecule has 0 bridgehead atoms. The van der Waals surface area contributed by atoms with Crippen molar-refractivity contribution in [2.75, 3.05) is 45.2 Å². The zero-order valence-corrected chi connectivity index (χ0v) is 22.5. The minimum atomic E-state index is -1.87. The van der Waals surface area contributed by atoms with E-state index in [9.17, 15) is 9.90 Å². The minimum Gasteiger partial charge on any atom is -0.393 e. The highest BCUT2D eigenvalue weighted by Gasteiger charge is 2.31. The number of rotatable bonds is 10. The summed E-state index contributed by atoms with van der Waals surface area (Å²) in [4.78, 5) is 25.9. The maximum Gasteiger partial charge on any atom is 0.224 e. The van der Waals surface area contributed by atoms with Gasteiger partial charge in [-0.2, -0.15) is 0 Å². The van der Waals surface area contributed by atoms with E-state index in [0.717, 1.165) is 62.3 Å². The smallest absolute Gasteiger partial charge is 0.224 e. The Labute approximate surface area is 223 Å². The van der Waals surface area contributed by atoms with Gasteiger partial charge in [-0.25, -0.2) is 14.4 Å². The number of hydrogen-bond donors (Lipinski definition) is 2. The van der Waals surface area contributed by atoms with E-state index < -0.39 is 12.3 Å². The number of carbonyl (C=O) groups excluding carboxylic acids is 1. The Morgan fingerprint density at radius 3 is 2.78 bits per heavy atom. The molecule has 1 aliphatic carbocycles. The summed E-state index contributed by atoms with van der Waals surface area (Å²) in [6.45, 7) is 8.42. The van der Waals surface area contributed by atoms with Gasteiger partial charge in [0.05, 0.1) is 12.3 Å². The molecular formula is C28H37ClFN5O2. The maximum atomic E-state index is 15.3. The topological polar surface area (TPSA) is 81.6 Å². The van der Waals surface area contributed by atoms with Gasteiger partial charge in [-0.3, -0.25) is 4.79 Å². The van der Waals surface area contributed by atoms with Gasteiger partial charge in [0.1, 0.15) is 5.82 Å². The molecule has 2 N–H and O–H groups in total. The molecule has 2 heterocycles. The fourth-order valence-electron chi connectivity index (χ4n) is 5.26. The summed E-state index contributed by atoms with van der Waals surface area (Å²) in [6, 6.07) is 6.99. The fraction of sp³-hybridized carbons (Fsp3) is 0.536. The number of piperazine rings is 1. The summed E-state index contributed by atoms with van der Waals surface area (Å²) in [5.41, 5.74) is 1.37. The molecule has 0 radical (unpaired) electrons. The third-order valence-electron chi connectivity index (χ3n) is 7.64. The number of anilines is 1. The van der Waals surface area contributed by atoms with Crippen molar-refractivity contribution in [3.63, 3.8) is 0 Å². The number of alkyl halides is 1. The maximum absolute atomic E-state index is 15.3. The molecule has 1 fully saturated rings. The number of hydrogen-bond acceptors (Lipinski definition) is 6. The average molecular weight is 530 g/mol. The lowest BCUT2D eigenvalue weighted by molar-refractivity contribution is -0.133. The number of amides is 1. The molecule has 2 aromatic rings. The molecule has 9 heteroatoms. The molecule has 1 aromatic heterocycles. The lowest BCUT2D eigenvalue weighted by Gasteiger charge is -2.32. The van der Waals surface area contributed by atoms with Crippen LogP contribution in [0, 0.1) is 5.92 Å². The molecule has 1 aromatic carbocycles. The molecule has 4 rings (SSSR count). The predicted octanol–water partition coefficient (Wildman–Crippen LogP) is 4.31. The van der Waals surface area contributed by atoms with Gasteiger partial charge in [-0.05, 0) is 61.9 Å². The van der Waals surface area contributed by atoms with Crippen LogP contribution in [-0.2, 0) is 23.3 Å². The van der Waals surface area contributed by atoms with Crippen LogP contribution in [0.3, 0.4) is 0 Å². The summed E-state index contributed by atoms with van der Waals surface area (Å²) in [5.74, 6) is 1.22. The van der Waals surface area contributed by atoms with E-state index in [1.807, 2.05) is 17.9 Å². The molecule has 0 spiro atoms. The summed E-state index contributed by atoms with van der Waals surface area (Å²) in [7, 11) is 2.08. The monoisotopic (exact) mass is 529 g/mol. The molecule has 2 unspecified atom stereocenters. The van der Waals surface area contributed by atoms with E-state index in [0.29, 0.717) is 23.7 Å². The highest BCUT2D eigenvalue weighted by Crippen LogP contribution is 2.36. The first-order valence-electron chi connectivity index (χ1n) is 13.0. The van der Waals surface area contributed by atoms with E-state index in [-0.39, 0.29) is 23.7 Å². The van der Waals surface area contributed by atoms with Gasteiger partial charge in [-0.1, -0.05) is 30.3 Å². The first-order valence-corrected chi connectivity index (χ1v) is 13.4. The van der Waals surface area contributed by atoms with Crippen molar-refractivity contribution in [1.82, 2.24) is 19.8 Å². The molecule has 0 saturated carbocycles. The van der Waals surface area contributed by atoms with E-state index in [4.69, 9.17) is 11.6 Å². The van der Waals surface area contributed by atoms with Crippen LogP contribution in [0.15, 0.2) is 36.9 Å². The number of aliphatic hydroxyl groups excluding tert-OH is 1. The molecule has 200 valence electrons. The summed E-state index contributed by atoms with van der Waals surface area (Å²) >= 11 is 6.27. The highest BCUT2D eigenvalue weighted by atomic mass is 35.5. The SMILES string of the molecule is C=CCC(F)(CO)c1cccc([C@@H](C)Nc2nc(Cl)nc3c2CC(CCC(=O)N2CCN(C)CC2)C3)c1. The number of aromatic nitrogens is 2. The summed E-state index contributed by atoms with van der Waals surface area (Å²) in [5, 5.41) is 13.3. The van der Waals surface area contributed by atoms with Gasteiger partial charge >= 0.3 is 0 Å². The number of benzene rings is 1. The van der Waals surface area contributed by atoms with Crippen molar-refractivity contribution < 1.29 is 14.3 Å². The van der Waals surface area contributed by atoms with Crippen molar-refractivity contribution in [2.24, 2.45) is 5.92 Å². The predicted molar refractivity (Wildman–Crippen MR) is 144 cm³/mol. The fourth-order valence-corrected chi connectivity index (χ4v) is 5.45. The van der Waals surface area contributed by atoms with E-state index >= 15 is 4.39 Å². The van der Waals surface area contributed by atoms with Gasteiger partial charge in [0.15, 0.2) is 5.67 Å². The minimum absolute atomic E-state index is 0.0302. The molecule has 37 heavy (non-hydrogen) atoms. The van der Waals surface area contributed by atoms with Gasteiger partial charge in [0, 0.05) is 50.6 Å². The number of nitrogens with zero attached hydrogens (tertiary/aromatic N) is 4. The van der Waals surface area contributed by atoms with Crippen molar-refractivity contribution in [1.29, 1.82) is 0 Å². The van der Waals surface area contributed by atoms with Crippen LogP contribution in [0.5, 0.6) is 0 Å². The van der Waals surface area contributed by atoms with Gasteiger partial charge in [-0.15, -0.1) is 6.58 Å². The van der Waals surface area contributed by atoms with Crippen LogP contribution >= 0.6 is 11.6 Å². The number of carbonyl (C=O) groups is 1. The average Bonchev–Trinajstić information content (AvgIpc) is 3.31. The molecule has 7 nitrogen and oxygen atoms in total. The Morgan fingerprint density at radius 2 is 2.08 bits per heavy atom. The summed E-state index contributed by atoms with van der Waals surface area (Å²) < 4.78 is 15.3.